The minimum Gasteiger partial charge on any atom is -0.336 e. The fourth-order valence-corrected chi connectivity index (χ4v) is 2.33. The molecule has 0 bridgehead atoms. The zero-order chi connectivity index (χ0) is 11.6. The second kappa shape index (κ2) is 5.84. The molecule has 0 aromatic heterocycles. The van der Waals surface area contributed by atoms with Crippen LogP contribution >= 0.6 is 12.4 Å². The highest BCUT2D eigenvalue weighted by molar-refractivity contribution is 7.91. The SMILES string of the molecule is CC1NCCN(C(=O)CS(C)(=O)=O)C1C.Cl. The van der Waals surface area contributed by atoms with E-state index < -0.39 is 9.84 Å². The van der Waals surface area contributed by atoms with E-state index >= 15 is 0 Å². The molecule has 1 aliphatic heterocycles. The Balaban J connectivity index is 0.00000225. The summed E-state index contributed by atoms with van der Waals surface area (Å²) in [7, 11) is -3.23. The van der Waals surface area contributed by atoms with Gasteiger partial charge in [0, 0.05) is 31.4 Å². The van der Waals surface area contributed by atoms with Crippen LogP contribution in [0.2, 0.25) is 0 Å². The number of nitrogens with zero attached hydrogens (tertiary/aromatic N) is 1. The molecule has 1 rings (SSSR count). The van der Waals surface area contributed by atoms with Gasteiger partial charge in [0.2, 0.25) is 5.91 Å². The van der Waals surface area contributed by atoms with Crippen molar-refractivity contribution < 1.29 is 13.2 Å². The average molecular weight is 271 g/mol. The molecule has 2 unspecified atom stereocenters. The summed E-state index contributed by atoms with van der Waals surface area (Å²) in [6, 6.07) is 0.260. The van der Waals surface area contributed by atoms with E-state index in [0.29, 0.717) is 6.54 Å². The molecular weight excluding hydrogens is 252 g/mol. The highest BCUT2D eigenvalue weighted by Gasteiger charge is 2.29. The third-order valence-electron chi connectivity index (χ3n) is 2.74. The Kier molecular flexibility index (Phi) is 5.72. The molecule has 0 radical (unpaired) electrons. The maximum atomic E-state index is 11.7. The van der Waals surface area contributed by atoms with Crippen molar-refractivity contribution in [2.24, 2.45) is 0 Å². The van der Waals surface area contributed by atoms with E-state index in [4.69, 9.17) is 0 Å². The van der Waals surface area contributed by atoms with Gasteiger partial charge in [-0.1, -0.05) is 0 Å². The number of amides is 1. The van der Waals surface area contributed by atoms with Crippen molar-refractivity contribution in [1.82, 2.24) is 10.2 Å². The first-order valence-corrected chi connectivity index (χ1v) is 7.08. The quantitative estimate of drug-likeness (QED) is 0.746. The van der Waals surface area contributed by atoms with Gasteiger partial charge in [-0.3, -0.25) is 4.79 Å². The van der Waals surface area contributed by atoms with Crippen molar-refractivity contribution in [3.05, 3.63) is 0 Å². The zero-order valence-corrected chi connectivity index (χ0v) is 11.4. The number of carbonyl (C=O) groups is 1. The van der Waals surface area contributed by atoms with Gasteiger partial charge in [0.1, 0.15) is 5.75 Å². The van der Waals surface area contributed by atoms with Crippen LogP contribution in [0.3, 0.4) is 0 Å². The number of piperazine rings is 1. The molecule has 7 heteroatoms. The summed E-state index contributed by atoms with van der Waals surface area (Å²) in [5, 5.41) is 3.24. The van der Waals surface area contributed by atoms with Crippen LogP contribution in [0.4, 0.5) is 0 Å². The molecular formula is C9H19ClN2O3S. The van der Waals surface area contributed by atoms with Crippen LogP contribution in [-0.4, -0.2) is 56.4 Å². The van der Waals surface area contributed by atoms with Crippen molar-refractivity contribution in [3.63, 3.8) is 0 Å². The number of nitrogens with one attached hydrogen (secondary N) is 1. The van der Waals surface area contributed by atoms with Gasteiger partial charge in [0.15, 0.2) is 9.84 Å². The van der Waals surface area contributed by atoms with Gasteiger partial charge in [0.05, 0.1) is 0 Å². The molecule has 0 saturated carbocycles. The van der Waals surface area contributed by atoms with E-state index in [-0.39, 0.29) is 36.2 Å². The molecule has 0 spiro atoms. The maximum absolute atomic E-state index is 11.7. The second-order valence-electron chi connectivity index (χ2n) is 4.14. The van der Waals surface area contributed by atoms with Gasteiger partial charge in [-0.25, -0.2) is 8.42 Å². The summed E-state index contributed by atoms with van der Waals surface area (Å²) in [6.07, 6.45) is 1.08. The highest BCUT2D eigenvalue weighted by Crippen LogP contribution is 2.09. The molecule has 1 heterocycles. The third kappa shape index (κ3) is 4.27. The molecule has 0 aromatic carbocycles. The number of halogens is 1. The van der Waals surface area contributed by atoms with Gasteiger partial charge in [0.25, 0.3) is 0 Å². The van der Waals surface area contributed by atoms with Crippen LogP contribution < -0.4 is 5.32 Å². The lowest BCUT2D eigenvalue weighted by atomic mass is 10.1. The minimum absolute atomic E-state index is 0. The Morgan fingerprint density at radius 1 is 1.44 bits per heavy atom. The van der Waals surface area contributed by atoms with Crippen LogP contribution in [-0.2, 0) is 14.6 Å². The van der Waals surface area contributed by atoms with Crippen LogP contribution in [0, 0.1) is 0 Å². The molecule has 1 saturated heterocycles. The second-order valence-corrected chi connectivity index (χ2v) is 6.28. The Bertz CT molecular complexity index is 345. The number of hydrogen-bond acceptors (Lipinski definition) is 4. The Morgan fingerprint density at radius 2 is 2.00 bits per heavy atom. The summed E-state index contributed by atoms with van der Waals surface area (Å²) in [5.74, 6) is -0.678. The van der Waals surface area contributed by atoms with Crippen LogP contribution in [0.5, 0.6) is 0 Å². The van der Waals surface area contributed by atoms with E-state index in [0.717, 1.165) is 12.8 Å². The van der Waals surface area contributed by atoms with E-state index in [2.05, 4.69) is 5.32 Å². The van der Waals surface area contributed by atoms with Crippen LogP contribution in [0.15, 0.2) is 0 Å². The Labute approximate surface area is 103 Å². The predicted octanol–water partition coefficient (Wildman–Crippen LogP) is -0.338. The first kappa shape index (κ1) is 15.7. The molecule has 1 N–H and O–H groups in total. The zero-order valence-electron chi connectivity index (χ0n) is 9.76. The van der Waals surface area contributed by atoms with Crippen molar-refractivity contribution in [2.45, 2.75) is 25.9 Å². The Morgan fingerprint density at radius 3 is 2.50 bits per heavy atom. The van der Waals surface area contributed by atoms with E-state index in [1.165, 1.54) is 0 Å². The number of hydrogen-bond donors (Lipinski definition) is 1. The topological polar surface area (TPSA) is 66.5 Å². The maximum Gasteiger partial charge on any atom is 0.238 e. The lowest BCUT2D eigenvalue weighted by Crippen LogP contribution is -2.58. The third-order valence-corrected chi connectivity index (χ3v) is 3.51. The van der Waals surface area contributed by atoms with Gasteiger partial charge < -0.3 is 10.2 Å². The average Bonchev–Trinajstić information content (AvgIpc) is 2.06. The minimum atomic E-state index is -3.23. The number of rotatable bonds is 2. The highest BCUT2D eigenvalue weighted by atomic mass is 35.5. The van der Waals surface area contributed by atoms with Crippen LogP contribution in [0.25, 0.3) is 0 Å². The van der Waals surface area contributed by atoms with Gasteiger partial charge in [-0.15, -0.1) is 12.4 Å². The van der Waals surface area contributed by atoms with Crippen molar-refractivity contribution in [3.8, 4) is 0 Å². The first-order chi connectivity index (χ1) is 6.81. The smallest absolute Gasteiger partial charge is 0.238 e. The summed E-state index contributed by atoms with van der Waals surface area (Å²) >= 11 is 0. The molecule has 5 nitrogen and oxygen atoms in total. The largest absolute Gasteiger partial charge is 0.336 e. The van der Waals surface area contributed by atoms with Crippen molar-refractivity contribution in [1.29, 1.82) is 0 Å². The Hall–Kier alpha value is -0.330. The van der Waals surface area contributed by atoms with Gasteiger partial charge in [-0.05, 0) is 13.8 Å². The lowest BCUT2D eigenvalue weighted by molar-refractivity contribution is -0.132. The number of sulfone groups is 1. The number of carbonyl (C=O) groups excluding carboxylic acids is 1. The molecule has 0 aliphatic carbocycles. The molecule has 0 aromatic rings. The summed E-state index contributed by atoms with van der Waals surface area (Å²) < 4.78 is 22.0. The normalized spacial score (nSPS) is 26.1. The molecule has 1 amide bonds. The van der Waals surface area contributed by atoms with E-state index in [9.17, 15) is 13.2 Å². The van der Waals surface area contributed by atoms with Crippen molar-refractivity contribution in [2.75, 3.05) is 25.1 Å². The molecule has 16 heavy (non-hydrogen) atoms. The standard InChI is InChI=1S/C9H18N2O3S.ClH/c1-7-8(2)11(5-4-10-7)9(12)6-15(3,13)14;/h7-8,10H,4-6H2,1-3H3;1H. The first-order valence-electron chi connectivity index (χ1n) is 5.02. The van der Waals surface area contributed by atoms with Crippen molar-refractivity contribution >= 4 is 28.2 Å². The van der Waals surface area contributed by atoms with Crippen LogP contribution in [0.1, 0.15) is 13.8 Å². The summed E-state index contributed by atoms with van der Waals surface area (Å²) in [5.41, 5.74) is 0. The van der Waals surface area contributed by atoms with Gasteiger partial charge >= 0.3 is 0 Å². The molecule has 2 atom stereocenters. The monoisotopic (exact) mass is 270 g/mol. The van der Waals surface area contributed by atoms with Gasteiger partial charge in [-0.2, -0.15) is 0 Å². The lowest BCUT2D eigenvalue weighted by Gasteiger charge is -2.38. The summed E-state index contributed by atoms with van der Waals surface area (Å²) in [4.78, 5) is 13.3. The molecule has 1 aliphatic rings. The van der Waals surface area contributed by atoms with E-state index in [1.54, 1.807) is 4.90 Å². The fraction of sp³-hybridized carbons (Fsp3) is 0.889. The van der Waals surface area contributed by atoms with E-state index in [1.807, 2.05) is 13.8 Å². The predicted molar refractivity (Wildman–Crippen MR) is 65.6 cm³/mol. The summed E-state index contributed by atoms with van der Waals surface area (Å²) in [6.45, 7) is 5.22. The fourth-order valence-electron chi connectivity index (χ4n) is 1.72. The molecule has 1 fully saturated rings. The molecule has 96 valence electrons.